The van der Waals surface area contributed by atoms with E-state index in [-0.39, 0.29) is 11.8 Å². The van der Waals surface area contributed by atoms with E-state index >= 15 is 0 Å². The Morgan fingerprint density at radius 1 is 0.405 bits per heavy atom. The first-order valence-electron chi connectivity index (χ1n) is 29.8. The number of fused-ring (bicyclic) bond motifs is 3. The van der Waals surface area contributed by atoms with E-state index in [2.05, 4.69) is 291 Å². The van der Waals surface area contributed by atoms with Crippen molar-refractivity contribution >= 4 is 73.0 Å². The second-order valence-corrected chi connectivity index (χ2v) is 27.7. The molecule has 0 nitrogen and oxygen atoms in total. The molecule has 1 aliphatic heterocycles. The molecule has 0 spiro atoms. The van der Waals surface area contributed by atoms with Crippen LogP contribution >= 0.6 is 45.8 Å². The number of allylic oxidation sites excluding steroid dienone is 20. The van der Waals surface area contributed by atoms with Crippen molar-refractivity contribution in [3.63, 3.8) is 0 Å². The van der Waals surface area contributed by atoms with Crippen LogP contribution in [0.4, 0.5) is 0 Å². The highest BCUT2D eigenvalue weighted by molar-refractivity contribution is 8.09. The summed E-state index contributed by atoms with van der Waals surface area (Å²) in [7, 11) is 0. The van der Waals surface area contributed by atoms with Crippen molar-refractivity contribution in [3.8, 4) is 42.4 Å². The molecule has 404 valence electrons. The molecule has 4 heterocycles. The maximum absolute atomic E-state index is 2.65. The number of benzene rings is 6. The average molecular weight is 1150 g/mol. The highest BCUT2D eigenvalue weighted by Crippen LogP contribution is 2.57. The van der Waals surface area contributed by atoms with Crippen molar-refractivity contribution in [1.29, 1.82) is 0 Å². The molecule has 1 saturated carbocycles. The van der Waals surface area contributed by atoms with Gasteiger partial charge < -0.3 is 0 Å². The van der Waals surface area contributed by atoms with Gasteiger partial charge in [0.25, 0.3) is 0 Å². The summed E-state index contributed by atoms with van der Waals surface area (Å²) < 4.78 is 0. The number of hydrogen-bond donors (Lipinski definition) is 0. The molecule has 0 amide bonds. The number of thiophene rings is 3. The summed E-state index contributed by atoms with van der Waals surface area (Å²) in [6.07, 6.45) is 42.2. The van der Waals surface area contributed by atoms with E-state index in [4.69, 9.17) is 0 Å². The molecule has 3 aromatic heterocycles. The quantitative estimate of drug-likeness (QED) is 0.117. The average Bonchev–Trinajstić information content (AvgIpc) is 1.53. The smallest absolute Gasteiger partial charge is 0.0449 e. The van der Waals surface area contributed by atoms with Crippen LogP contribution in [0.1, 0.15) is 96.3 Å². The SMILES string of the molecule is C1=CCC=CC(c2cc(C3=C4C=CC(c5ccc(-c6ccc(-c7ccccc7)s6)s5)=CC4C(c4cc(-c5ccccc5)cc(C5C=CC=CC5)c4)c4ccc(C5CC=C(c6ccc(C7=CC8CC8C=C7)s6)S5)cc43)cc(-c3ccccc3)c2)=C1. The lowest BCUT2D eigenvalue weighted by Gasteiger charge is -2.38. The van der Waals surface area contributed by atoms with Crippen LogP contribution in [0.3, 0.4) is 0 Å². The molecular weight excluding hydrogens is 1090 g/mol. The van der Waals surface area contributed by atoms with E-state index in [9.17, 15) is 0 Å². The Balaban J connectivity index is 0.879. The molecule has 7 aliphatic rings. The molecule has 0 bridgehead atoms. The summed E-state index contributed by atoms with van der Waals surface area (Å²) in [5, 5.41) is 0.297. The highest BCUT2D eigenvalue weighted by atomic mass is 32.2. The van der Waals surface area contributed by atoms with Crippen molar-refractivity contribution in [2.75, 3.05) is 0 Å². The normalized spacial score (nSPS) is 21.8. The minimum atomic E-state index is 0.0290. The van der Waals surface area contributed by atoms with Gasteiger partial charge in [-0.15, -0.1) is 45.8 Å². The van der Waals surface area contributed by atoms with Gasteiger partial charge in [-0.25, -0.2) is 0 Å². The fourth-order valence-electron chi connectivity index (χ4n) is 13.5. The van der Waals surface area contributed by atoms with Crippen molar-refractivity contribution in [2.45, 2.75) is 42.8 Å². The lowest BCUT2D eigenvalue weighted by atomic mass is 9.65. The van der Waals surface area contributed by atoms with Crippen molar-refractivity contribution in [1.82, 2.24) is 0 Å². The Hall–Kier alpha value is -8.09. The minimum Gasteiger partial charge on any atom is -0.135 e. The van der Waals surface area contributed by atoms with E-state index < -0.39 is 0 Å². The second-order valence-electron chi connectivity index (χ2n) is 23.2. The van der Waals surface area contributed by atoms with Gasteiger partial charge in [-0.05, 0) is 193 Å². The fraction of sp³-hybridized carbons (Fsp3) is 0.125. The van der Waals surface area contributed by atoms with Gasteiger partial charge in [-0.3, -0.25) is 0 Å². The van der Waals surface area contributed by atoms with Gasteiger partial charge in [0.2, 0.25) is 0 Å². The molecule has 1 fully saturated rings. The standard InChI is InChI=1S/C80H60S4/c1-2-8-18-51(17-7-1)60-43-61(52-19-9-3-10-20-52)46-65(45-60)79-67-31-29-58(73-35-39-76(83-73)75-37-33-71(81-75)55-25-15-6-16-26-55)49-69(67)80(66-47-62(53-21-11-4-12-22-53)44-63(48-66)54-23-13-5-14-24-54)68-32-30-59(50-70(68)79)74-36-40-78(84-74)77-38-34-72(82-77)57-28-27-56-41-64(56)42-57/h1,3-23,25-35,37-40,42-50,54,56,64,69,74,80H,2,24,36,41H2. The van der Waals surface area contributed by atoms with Gasteiger partial charge >= 0.3 is 0 Å². The van der Waals surface area contributed by atoms with Crippen LogP contribution in [0.15, 0.2) is 285 Å². The Morgan fingerprint density at radius 3 is 1.86 bits per heavy atom. The summed E-state index contributed by atoms with van der Waals surface area (Å²) in [6.45, 7) is 0. The molecule has 0 N–H and O–H groups in total. The number of rotatable bonds is 12. The summed E-state index contributed by atoms with van der Waals surface area (Å²) in [5.41, 5.74) is 22.2. The largest absolute Gasteiger partial charge is 0.135 e. The predicted octanol–water partition coefficient (Wildman–Crippen LogP) is 23.1. The predicted molar refractivity (Wildman–Crippen MR) is 364 cm³/mol. The first-order chi connectivity index (χ1) is 41.6. The monoisotopic (exact) mass is 1150 g/mol. The molecule has 6 aliphatic carbocycles. The van der Waals surface area contributed by atoms with Crippen molar-refractivity contribution < 1.29 is 0 Å². The lowest BCUT2D eigenvalue weighted by molar-refractivity contribution is 0.648. The van der Waals surface area contributed by atoms with E-state index in [1.54, 1.807) is 0 Å². The van der Waals surface area contributed by atoms with Crippen LogP contribution in [0.25, 0.3) is 69.6 Å². The highest BCUT2D eigenvalue weighted by Gasteiger charge is 2.39. The summed E-state index contributed by atoms with van der Waals surface area (Å²) in [4.78, 5) is 9.39. The third-order valence-corrected chi connectivity index (χ3v) is 23.0. The number of thioether (sulfide) groups is 1. The zero-order valence-electron chi connectivity index (χ0n) is 46.5. The van der Waals surface area contributed by atoms with Crippen LogP contribution in [0, 0.1) is 17.8 Å². The molecule has 0 saturated heterocycles. The molecule has 6 atom stereocenters. The molecular formula is C80H60S4. The molecule has 6 aromatic carbocycles. The van der Waals surface area contributed by atoms with Crippen LogP contribution in [-0.4, -0.2) is 0 Å². The fourth-order valence-corrected chi connectivity index (χ4v) is 18.0. The van der Waals surface area contributed by atoms with Crippen molar-refractivity contribution in [3.05, 3.63) is 338 Å². The first kappa shape index (κ1) is 51.5. The van der Waals surface area contributed by atoms with E-state index in [0.717, 1.165) is 31.1 Å². The molecule has 0 radical (unpaired) electrons. The topological polar surface area (TPSA) is 0 Å². The summed E-state index contributed by atoms with van der Waals surface area (Å²) in [5.74, 6) is 1.85. The third-order valence-electron chi connectivity index (χ3n) is 17.9. The summed E-state index contributed by atoms with van der Waals surface area (Å²) >= 11 is 7.81. The molecule has 9 aromatic rings. The molecule has 4 heteroatoms. The van der Waals surface area contributed by atoms with E-state index in [1.165, 1.54) is 135 Å². The Bertz CT molecular complexity index is 4410. The molecule has 16 rings (SSSR count). The van der Waals surface area contributed by atoms with Gasteiger partial charge in [0.1, 0.15) is 0 Å². The summed E-state index contributed by atoms with van der Waals surface area (Å²) in [6, 6.07) is 69.6. The lowest BCUT2D eigenvalue weighted by Crippen LogP contribution is -2.24. The maximum atomic E-state index is 2.65. The first-order valence-corrected chi connectivity index (χ1v) is 33.1. The second kappa shape index (κ2) is 22.2. The zero-order valence-corrected chi connectivity index (χ0v) is 49.7. The third kappa shape index (κ3) is 10.0. The Labute approximate surface area is 510 Å². The van der Waals surface area contributed by atoms with Crippen LogP contribution < -0.4 is 0 Å². The van der Waals surface area contributed by atoms with Gasteiger partial charge in [-0.1, -0.05) is 219 Å². The molecule has 84 heavy (non-hydrogen) atoms. The zero-order chi connectivity index (χ0) is 55.5. The van der Waals surface area contributed by atoms with Gasteiger partial charge in [-0.2, -0.15) is 0 Å². The van der Waals surface area contributed by atoms with Gasteiger partial charge in [0.05, 0.1) is 0 Å². The maximum Gasteiger partial charge on any atom is 0.0449 e. The van der Waals surface area contributed by atoms with Crippen LogP contribution in [0.5, 0.6) is 0 Å². The van der Waals surface area contributed by atoms with E-state index in [1.807, 2.05) is 34.0 Å². The Kier molecular flexibility index (Phi) is 13.6. The minimum absolute atomic E-state index is 0.0290. The molecule has 6 unspecified atom stereocenters. The van der Waals surface area contributed by atoms with E-state index in [0.29, 0.717) is 11.2 Å². The van der Waals surface area contributed by atoms with Crippen molar-refractivity contribution in [2.24, 2.45) is 17.8 Å². The van der Waals surface area contributed by atoms with Gasteiger partial charge in [0.15, 0.2) is 0 Å². The number of hydrogen-bond acceptors (Lipinski definition) is 4. The van der Waals surface area contributed by atoms with Crippen LogP contribution in [-0.2, 0) is 0 Å². The Morgan fingerprint density at radius 2 is 1.08 bits per heavy atom. The van der Waals surface area contributed by atoms with Crippen LogP contribution in [0.2, 0.25) is 0 Å². The van der Waals surface area contributed by atoms with Gasteiger partial charge in [0, 0.05) is 57.2 Å².